The molecular formula is C19H23N3O4. The highest BCUT2D eigenvalue weighted by Crippen LogP contribution is 2.20. The minimum Gasteiger partial charge on any atom is -0.491 e. The summed E-state index contributed by atoms with van der Waals surface area (Å²) in [5.74, 6) is 0.759. The van der Waals surface area contributed by atoms with Gasteiger partial charge in [-0.3, -0.25) is 15.0 Å². The predicted molar refractivity (Wildman–Crippen MR) is 99.7 cm³/mol. The lowest BCUT2D eigenvalue weighted by Crippen LogP contribution is -2.49. The van der Waals surface area contributed by atoms with Crippen LogP contribution in [0.1, 0.15) is 0 Å². The second-order valence-electron chi connectivity index (χ2n) is 6.34. The molecule has 0 bridgehead atoms. The summed E-state index contributed by atoms with van der Waals surface area (Å²) in [6.45, 7) is 4.15. The number of anilines is 1. The van der Waals surface area contributed by atoms with E-state index >= 15 is 0 Å². The number of nitro benzene ring substituents is 1. The summed E-state index contributed by atoms with van der Waals surface area (Å²) in [6.07, 6.45) is -0.541. The number of aliphatic hydroxyl groups excluding tert-OH is 1. The Morgan fingerprint density at radius 3 is 2.31 bits per heavy atom. The summed E-state index contributed by atoms with van der Waals surface area (Å²) in [7, 11) is 0. The summed E-state index contributed by atoms with van der Waals surface area (Å²) in [5, 5.41) is 20.9. The molecule has 1 atom stereocenters. The number of aliphatic hydroxyl groups is 1. The van der Waals surface area contributed by atoms with Crippen LogP contribution >= 0.6 is 0 Å². The van der Waals surface area contributed by atoms with E-state index in [1.807, 2.05) is 30.3 Å². The van der Waals surface area contributed by atoms with E-state index in [4.69, 9.17) is 4.74 Å². The molecule has 0 aromatic heterocycles. The van der Waals surface area contributed by atoms with Gasteiger partial charge in [-0.2, -0.15) is 0 Å². The third kappa shape index (κ3) is 4.93. The summed E-state index contributed by atoms with van der Waals surface area (Å²) in [4.78, 5) is 14.8. The minimum atomic E-state index is -0.541. The number of nitro groups is 1. The quantitative estimate of drug-likeness (QED) is 0.604. The average molecular weight is 357 g/mol. The Bertz CT molecular complexity index is 700. The molecule has 2 aromatic carbocycles. The molecule has 0 radical (unpaired) electrons. The highest BCUT2D eigenvalue weighted by molar-refractivity contribution is 5.51. The first-order chi connectivity index (χ1) is 12.6. The first kappa shape index (κ1) is 18.2. The Morgan fingerprint density at radius 1 is 1.04 bits per heavy atom. The summed E-state index contributed by atoms with van der Waals surface area (Å²) in [6, 6.07) is 16.1. The standard InChI is InChI=1S/C19H23N3O4/c23-18(15-26-19-4-2-1-3-5-19)14-20-10-12-21(13-11-20)16-6-8-17(9-7-16)22(24)25/h1-9,18,23H,10-15H2/t18-/m1/s1. The normalized spacial score (nSPS) is 16.3. The molecule has 7 nitrogen and oxygen atoms in total. The van der Waals surface area contributed by atoms with E-state index in [1.54, 1.807) is 12.1 Å². The third-order valence-corrected chi connectivity index (χ3v) is 4.45. The average Bonchev–Trinajstić information content (AvgIpc) is 2.68. The van der Waals surface area contributed by atoms with Gasteiger partial charge in [-0.1, -0.05) is 18.2 Å². The maximum atomic E-state index is 10.7. The van der Waals surface area contributed by atoms with Gasteiger partial charge in [-0.25, -0.2) is 0 Å². The fraction of sp³-hybridized carbons (Fsp3) is 0.368. The van der Waals surface area contributed by atoms with Crippen molar-refractivity contribution in [2.24, 2.45) is 0 Å². The van der Waals surface area contributed by atoms with E-state index in [0.29, 0.717) is 6.54 Å². The van der Waals surface area contributed by atoms with Crippen LogP contribution in [0.3, 0.4) is 0 Å². The minimum absolute atomic E-state index is 0.105. The van der Waals surface area contributed by atoms with Crippen LogP contribution in [0.25, 0.3) is 0 Å². The van der Waals surface area contributed by atoms with Gasteiger partial charge in [-0.15, -0.1) is 0 Å². The molecule has 1 saturated heterocycles. The van der Waals surface area contributed by atoms with Crippen molar-refractivity contribution in [1.82, 2.24) is 4.90 Å². The van der Waals surface area contributed by atoms with Crippen LogP contribution in [0.2, 0.25) is 0 Å². The number of nitrogens with zero attached hydrogens (tertiary/aromatic N) is 3. The predicted octanol–water partition coefficient (Wildman–Crippen LogP) is 2.16. The Labute approximate surface area is 152 Å². The monoisotopic (exact) mass is 357 g/mol. The SMILES string of the molecule is O=[N+]([O-])c1ccc(N2CCN(C[C@@H](O)COc3ccccc3)CC2)cc1. The van der Waals surface area contributed by atoms with Crippen molar-refractivity contribution in [3.8, 4) is 5.75 Å². The fourth-order valence-electron chi connectivity index (χ4n) is 3.03. The zero-order valence-corrected chi connectivity index (χ0v) is 14.5. The van der Waals surface area contributed by atoms with Crippen LogP contribution in [-0.2, 0) is 0 Å². The molecule has 1 aliphatic rings. The fourth-order valence-corrected chi connectivity index (χ4v) is 3.03. The molecule has 1 N–H and O–H groups in total. The van der Waals surface area contributed by atoms with Gasteiger partial charge in [0.05, 0.1) is 4.92 Å². The van der Waals surface area contributed by atoms with Crippen LogP contribution in [0, 0.1) is 10.1 Å². The summed E-state index contributed by atoms with van der Waals surface area (Å²) in [5.41, 5.74) is 1.09. The van der Waals surface area contributed by atoms with Crippen molar-refractivity contribution in [1.29, 1.82) is 0 Å². The second-order valence-corrected chi connectivity index (χ2v) is 6.34. The summed E-state index contributed by atoms with van der Waals surface area (Å²) >= 11 is 0. The van der Waals surface area contributed by atoms with Crippen molar-refractivity contribution in [3.63, 3.8) is 0 Å². The molecule has 1 fully saturated rings. The molecule has 7 heteroatoms. The van der Waals surface area contributed by atoms with E-state index in [-0.39, 0.29) is 17.2 Å². The van der Waals surface area contributed by atoms with Crippen molar-refractivity contribution in [3.05, 3.63) is 64.7 Å². The number of hydrogen-bond acceptors (Lipinski definition) is 6. The van der Waals surface area contributed by atoms with Gasteiger partial charge in [-0.05, 0) is 24.3 Å². The van der Waals surface area contributed by atoms with E-state index in [1.165, 1.54) is 12.1 Å². The lowest BCUT2D eigenvalue weighted by Gasteiger charge is -2.36. The molecule has 26 heavy (non-hydrogen) atoms. The van der Waals surface area contributed by atoms with E-state index in [2.05, 4.69) is 9.80 Å². The number of non-ortho nitro benzene ring substituents is 1. The van der Waals surface area contributed by atoms with Gasteiger partial charge in [0.1, 0.15) is 18.5 Å². The largest absolute Gasteiger partial charge is 0.491 e. The molecule has 0 aliphatic carbocycles. The van der Waals surface area contributed by atoms with Crippen LogP contribution in [-0.4, -0.2) is 60.4 Å². The number of ether oxygens (including phenoxy) is 1. The lowest BCUT2D eigenvalue weighted by molar-refractivity contribution is -0.384. The molecular weight excluding hydrogens is 334 g/mol. The van der Waals surface area contributed by atoms with Crippen molar-refractivity contribution >= 4 is 11.4 Å². The van der Waals surface area contributed by atoms with Gasteiger partial charge < -0.3 is 14.7 Å². The van der Waals surface area contributed by atoms with Crippen molar-refractivity contribution in [2.45, 2.75) is 6.10 Å². The van der Waals surface area contributed by atoms with Crippen LogP contribution in [0.4, 0.5) is 11.4 Å². The highest BCUT2D eigenvalue weighted by atomic mass is 16.6. The Morgan fingerprint density at radius 2 is 1.69 bits per heavy atom. The van der Waals surface area contributed by atoms with Crippen LogP contribution < -0.4 is 9.64 Å². The maximum absolute atomic E-state index is 10.7. The third-order valence-electron chi connectivity index (χ3n) is 4.45. The van der Waals surface area contributed by atoms with Crippen molar-refractivity contribution in [2.75, 3.05) is 44.2 Å². The smallest absolute Gasteiger partial charge is 0.269 e. The number of para-hydroxylation sites is 1. The number of piperazine rings is 1. The first-order valence-corrected chi connectivity index (χ1v) is 8.69. The van der Waals surface area contributed by atoms with Gasteiger partial charge in [0.15, 0.2) is 0 Å². The van der Waals surface area contributed by atoms with E-state index in [0.717, 1.165) is 37.6 Å². The molecule has 138 valence electrons. The zero-order chi connectivity index (χ0) is 18.4. The molecule has 0 amide bonds. The molecule has 2 aromatic rings. The van der Waals surface area contributed by atoms with Gasteiger partial charge in [0, 0.05) is 50.5 Å². The molecule has 3 rings (SSSR count). The molecule has 0 saturated carbocycles. The van der Waals surface area contributed by atoms with Gasteiger partial charge >= 0.3 is 0 Å². The van der Waals surface area contributed by atoms with Crippen LogP contribution in [0.5, 0.6) is 5.75 Å². The molecule has 0 spiro atoms. The maximum Gasteiger partial charge on any atom is 0.269 e. The number of hydrogen-bond donors (Lipinski definition) is 1. The van der Waals surface area contributed by atoms with E-state index < -0.39 is 6.10 Å². The highest BCUT2D eigenvalue weighted by Gasteiger charge is 2.20. The number of rotatable bonds is 7. The van der Waals surface area contributed by atoms with Gasteiger partial charge in [0.2, 0.25) is 0 Å². The molecule has 0 unspecified atom stereocenters. The zero-order valence-electron chi connectivity index (χ0n) is 14.5. The molecule has 1 aliphatic heterocycles. The Balaban J connectivity index is 1.42. The number of benzene rings is 2. The Kier molecular flexibility index (Phi) is 6.04. The second kappa shape index (κ2) is 8.64. The molecule has 1 heterocycles. The topological polar surface area (TPSA) is 79.1 Å². The van der Waals surface area contributed by atoms with Crippen molar-refractivity contribution < 1.29 is 14.8 Å². The van der Waals surface area contributed by atoms with Crippen LogP contribution in [0.15, 0.2) is 54.6 Å². The Hall–Kier alpha value is -2.64. The number of β-amino-alcohol motifs (C(OH)–C–C–N with tert-alkyl or cyclic N) is 1. The van der Waals surface area contributed by atoms with Gasteiger partial charge in [0.25, 0.3) is 5.69 Å². The van der Waals surface area contributed by atoms with E-state index in [9.17, 15) is 15.2 Å². The first-order valence-electron chi connectivity index (χ1n) is 8.69. The lowest BCUT2D eigenvalue weighted by atomic mass is 10.2. The summed E-state index contributed by atoms with van der Waals surface area (Å²) < 4.78 is 5.59.